The Balaban J connectivity index is 1.91. The van der Waals surface area contributed by atoms with Crippen LogP contribution in [0.5, 0.6) is 0 Å². The van der Waals surface area contributed by atoms with E-state index in [2.05, 4.69) is 0 Å². The zero-order chi connectivity index (χ0) is 25.4. The van der Waals surface area contributed by atoms with Crippen LogP contribution in [-0.2, 0) is 14.8 Å². The van der Waals surface area contributed by atoms with Crippen LogP contribution in [0.3, 0.4) is 0 Å². The van der Waals surface area contributed by atoms with Crippen LogP contribution in [0.25, 0.3) is 10.9 Å². The third-order valence-electron chi connectivity index (χ3n) is 5.08. The van der Waals surface area contributed by atoms with E-state index in [4.69, 9.17) is 4.74 Å². The summed E-state index contributed by atoms with van der Waals surface area (Å²) in [5.74, 6) is -0.693. The summed E-state index contributed by atoms with van der Waals surface area (Å²) in [6, 6.07) is 21.6. The van der Waals surface area contributed by atoms with Crippen molar-refractivity contribution in [3.05, 3.63) is 94.2 Å². The van der Waals surface area contributed by atoms with Crippen LogP contribution in [0.4, 0.5) is 10.5 Å². The molecule has 0 atom stereocenters. The number of fused-ring (bicyclic) bond motifs is 1. The lowest BCUT2D eigenvalue weighted by Crippen LogP contribution is -2.41. The summed E-state index contributed by atoms with van der Waals surface area (Å²) in [6.45, 7) is 5.13. The summed E-state index contributed by atoms with van der Waals surface area (Å²) in [6.07, 6.45) is 0.414. The summed E-state index contributed by atoms with van der Waals surface area (Å²) in [4.78, 5) is 28.2. The molecule has 4 rings (SSSR count). The Kier molecular flexibility index (Phi) is 6.74. The van der Waals surface area contributed by atoms with Crippen LogP contribution in [0.1, 0.15) is 31.1 Å². The van der Waals surface area contributed by atoms with E-state index < -0.39 is 27.6 Å². The fourth-order valence-corrected chi connectivity index (χ4v) is 5.60. The molecule has 0 saturated carbocycles. The number of ether oxygens (including phenoxy) is 1. The zero-order valence-corrected chi connectivity index (χ0v) is 22.3. The van der Waals surface area contributed by atoms with Gasteiger partial charge in [0.1, 0.15) is 5.60 Å². The van der Waals surface area contributed by atoms with Gasteiger partial charge >= 0.3 is 6.09 Å². The topological polar surface area (TPSA) is 85.7 Å². The number of anilines is 1. The van der Waals surface area contributed by atoms with E-state index in [1.54, 1.807) is 87.5 Å². The van der Waals surface area contributed by atoms with Gasteiger partial charge < -0.3 is 4.74 Å². The molecule has 0 spiro atoms. The van der Waals surface area contributed by atoms with Gasteiger partial charge in [0.25, 0.3) is 15.9 Å². The highest BCUT2D eigenvalue weighted by Gasteiger charge is 2.33. The molecule has 0 bridgehead atoms. The first-order chi connectivity index (χ1) is 16.5. The van der Waals surface area contributed by atoms with Crippen LogP contribution in [0.2, 0.25) is 0 Å². The van der Waals surface area contributed by atoms with Crippen LogP contribution in [-0.4, -0.2) is 30.0 Å². The maximum Gasteiger partial charge on any atom is 0.422 e. The smallest absolute Gasteiger partial charge is 0.422 e. The van der Waals surface area contributed by atoms with E-state index >= 15 is 0 Å². The van der Waals surface area contributed by atoms with E-state index in [1.165, 1.54) is 18.3 Å². The number of rotatable bonds is 4. The summed E-state index contributed by atoms with van der Waals surface area (Å²) in [5, 5.41) is 0.400. The molecule has 180 valence electrons. The second-order valence-electron chi connectivity index (χ2n) is 8.75. The third-order valence-corrected chi connectivity index (χ3v) is 7.68. The molecule has 2 amide bonds. The number of hydrogen-bond donors (Lipinski definition) is 0. The van der Waals surface area contributed by atoms with Crippen molar-refractivity contribution in [3.8, 4) is 0 Å². The number of aromatic nitrogens is 1. The summed E-state index contributed by atoms with van der Waals surface area (Å²) in [7, 11) is -4.00. The molecule has 0 fully saturated rings. The molecule has 0 aliphatic heterocycles. The minimum absolute atomic E-state index is 0.0608. The fraction of sp³-hybridized carbons (Fsp3) is 0.154. The Morgan fingerprint density at radius 1 is 0.886 bits per heavy atom. The zero-order valence-electron chi connectivity index (χ0n) is 19.3. The number of carbonyl (C=O) groups excluding carboxylic acids is 2. The summed E-state index contributed by atoms with van der Waals surface area (Å²) in [5.41, 5.74) is -0.118. The molecule has 9 heteroatoms. The van der Waals surface area contributed by atoms with Gasteiger partial charge in [-0.3, -0.25) is 4.79 Å². The van der Waals surface area contributed by atoms with E-state index in [-0.39, 0.29) is 10.5 Å². The SMILES string of the molecule is CC(C)(C)OC(=O)N(C(=O)c1cn(S(=O)(=O)c2ccccc2)c2ccccc12)c1ccccc1I. The molecule has 1 heterocycles. The predicted molar refractivity (Wildman–Crippen MR) is 143 cm³/mol. The van der Waals surface area contributed by atoms with Crippen molar-refractivity contribution in [2.45, 2.75) is 31.3 Å². The van der Waals surface area contributed by atoms with Crippen LogP contribution in [0.15, 0.2) is 90.0 Å². The van der Waals surface area contributed by atoms with Crippen molar-refractivity contribution in [3.63, 3.8) is 0 Å². The molecule has 0 radical (unpaired) electrons. The molecular formula is C26H23IN2O5S. The van der Waals surface area contributed by atoms with Gasteiger partial charge in [0.15, 0.2) is 0 Å². The second-order valence-corrected chi connectivity index (χ2v) is 11.7. The van der Waals surface area contributed by atoms with Crippen molar-refractivity contribution in [1.82, 2.24) is 3.97 Å². The molecule has 35 heavy (non-hydrogen) atoms. The van der Waals surface area contributed by atoms with Gasteiger partial charge in [-0.2, -0.15) is 0 Å². The second kappa shape index (κ2) is 9.46. The van der Waals surface area contributed by atoms with Gasteiger partial charge in [-0.1, -0.05) is 48.5 Å². The normalized spacial score (nSPS) is 11.9. The Bertz CT molecular complexity index is 1520. The maximum absolute atomic E-state index is 13.9. The quantitative estimate of drug-likeness (QED) is 0.265. The fourth-order valence-electron chi connectivity index (χ4n) is 3.58. The van der Waals surface area contributed by atoms with Gasteiger partial charge in [-0.05, 0) is 73.7 Å². The van der Waals surface area contributed by atoms with Crippen molar-refractivity contribution in [2.24, 2.45) is 0 Å². The largest absolute Gasteiger partial charge is 0.443 e. The van der Waals surface area contributed by atoms with E-state index in [1.807, 2.05) is 22.6 Å². The molecular weight excluding hydrogens is 579 g/mol. The van der Waals surface area contributed by atoms with Gasteiger partial charge in [-0.15, -0.1) is 0 Å². The molecule has 1 aromatic heterocycles. The van der Waals surface area contributed by atoms with Crippen LogP contribution in [0, 0.1) is 3.57 Å². The average molecular weight is 602 g/mol. The number of amides is 2. The van der Waals surface area contributed by atoms with Crippen molar-refractivity contribution in [1.29, 1.82) is 0 Å². The molecule has 0 saturated heterocycles. The average Bonchev–Trinajstić information content (AvgIpc) is 3.20. The first kappa shape index (κ1) is 24.9. The number of hydrogen-bond acceptors (Lipinski definition) is 5. The number of halogens is 1. The summed E-state index contributed by atoms with van der Waals surface area (Å²) >= 11 is 2.04. The lowest BCUT2D eigenvalue weighted by Gasteiger charge is -2.26. The lowest BCUT2D eigenvalue weighted by atomic mass is 10.1. The van der Waals surface area contributed by atoms with Crippen LogP contribution < -0.4 is 4.90 Å². The number of nitrogens with zero attached hydrogens (tertiary/aromatic N) is 2. The van der Waals surface area contributed by atoms with E-state index in [9.17, 15) is 18.0 Å². The molecule has 4 aromatic rings. The highest BCUT2D eigenvalue weighted by molar-refractivity contribution is 14.1. The van der Waals surface area contributed by atoms with Gasteiger partial charge in [-0.25, -0.2) is 22.1 Å². The first-order valence-corrected chi connectivity index (χ1v) is 13.3. The molecule has 0 unspecified atom stereocenters. The minimum atomic E-state index is -4.00. The molecule has 0 N–H and O–H groups in total. The molecule has 3 aromatic carbocycles. The third kappa shape index (κ3) is 4.96. The Morgan fingerprint density at radius 3 is 2.14 bits per heavy atom. The highest BCUT2D eigenvalue weighted by Crippen LogP contribution is 2.31. The predicted octanol–water partition coefficient (Wildman–Crippen LogP) is 6.06. The van der Waals surface area contributed by atoms with Crippen molar-refractivity contribution in [2.75, 3.05) is 4.90 Å². The van der Waals surface area contributed by atoms with Gasteiger partial charge in [0.2, 0.25) is 0 Å². The highest BCUT2D eigenvalue weighted by atomic mass is 127. The van der Waals surface area contributed by atoms with Crippen molar-refractivity contribution < 1.29 is 22.7 Å². The Hall–Kier alpha value is -3.18. The van der Waals surface area contributed by atoms with Crippen LogP contribution >= 0.6 is 22.6 Å². The number of carbonyl (C=O) groups is 2. The number of imide groups is 1. The monoisotopic (exact) mass is 602 g/mol. The van der Waals surface area contributed by atoms with E-state index in [0.29, 0.717) is 20.2 Å². The molecule has 0 aliphatic rings. The number of benzene rings is 3. The minimum Gasteiger partial charge on any atom is -0.443 e. The van der Waals surface area contributed by atoms with Crippen molar-refractivity contribution >= 4 is 61.2 Å². The number of para-hydroxylation sites is 2. The Labute approximate surface area is 217 Å². The summed E-state index contributed by atoms with van der Waals surface area (Å²) < 4.78 is 34.2. The van der Waals surface area contributed by atoms with Gasteiger partial charge in [0, 0.05) is 15.2 Å². The van der Waals surface area contributed by atoms with Gasteiger partial charge in [0.05, 0.1) is 21.7 Å². The van der Waals surface area contributed by atoms with E-state index in [0.717, 1.165) is 8.87 Å². The first-order valence-electron chi connectivity index (χ1n) is 10.7. The Morgan fingerprint density at radius 2 is 1.49 bits per heavy atom. The molecule has 7 nitrogen and oxygen atoms in total. The molecule has 0 aliphatic carbocycles. The standard InChI is InChI=1S/C26H23IN2O5S/c1-26(2,3)34-25(31)29(23-16-10-8-14-21(23)27)24(30)20-17-28(22-15-9-7-13-19(20)22)35(32,33)18-11-5-4-6-12-18/h4-17H,1-3H3. The lowest BCUT2D eigenvalue weighted by molar-refractivity contribution is 0.0564. The maximum atomic E-state index is 13.9.